The van der Waals surface area contributed by atoms with Crippen molar-refractivity contribution < 1.29 is 24.9 Å². The number of nitrogens with zero attached hydrogens (tertiary/aromatic N) is 3. The molecule has 1 amide bonds. The summed E-state index contributed by atoms with van der Waals surface area (Å²) in [5.41, 5.74) is 7.79. The Hall–Kier alpha value is -3.16. The predicted molar refractivity (Wildman–Crippen MR) is 113 cm³/mol. The normalized spacial score (nSPS) is 26.6. The summed E-state index contributed by atoms with van der Waals surface area (Å²) < 4.78 is 5.74. The van der Waals surface area contributed by atoms with Gasteiger partial charge in [-0.25, -0.2) is 15.0 Å². The van der Waals surface area contributed by atoms with Crippen LogP contribution in [0.1, 0.15) is 5.56 Å². The molecule has 170 valence electrons. The van der Waals surface area contributed by atoms with Crippen molar-refractivity contribution in [2.45, 2.75) is 43.0 Å². The Bertz CT molecular complexity index is 1050. The summed E-state index contributed by atoms with van der Waals surface area (Å²) in [6.45, 7) is -0.510. The lowest BCUT2D eigenvalue weighted by atomic mass is 9.94. The Morgan fingerprint density at radius 3 is 2.72 bits per heavy atom. The molecule has 1 saturated heterocycles. The number of aromatic nitrogens is 4. The topological polar surface area (TPSA) is 192 Å². The Kier molecular flexibility index (Phi) is 6.58. The van der Waals surface area contributed by atoms with Crippen molar-refractivity contribution in [3.05, 3.63) is 48.5 Å². The van der Waals surface area contributed by atoms with E-state index in [9.17, 15) is 20.1 Å². The van der Waals surface area contributed by atoms with Crippen molar-refractivity contribution in [2.24, 2.45) is 5.73 Å². The molecule has 0 unspecified atom stereocenters. The van der Waals surface area contributed by atoms with Gasteiger partial charge in [0.05, 0.1) is 25.0 Å². The van der Waals surface area contributed by atoms with Crippen molar-refractivity contribution in [3.63, 3.8) is 0 Å². The highest BCUT2D eigenvalue weighted by molar-refractivity contribution is 5.83. The highest BCUT2D eigenvalue weighted by Crippen LogP contribution is 2.24. The second kappa shape index (κ2) is 9.54. The minimum absolute atomic E-state index is 0.292. The predicted octanol–water partition coefficient (Wildman–Crippen LogP) is -1.74. The van der Waals surface area contributed by atoms with E-state index in [4.69, 9.17) is 10.5 Å². The highest BCUT2D eigenvalue weighted by Gasteiger charge is 2.45. The SMILES string of the molecule is N[C@@H](Cc1ccccc1)C(=O)N[C@@H]1[C@@H](O)[C@H](O)[C@@H](Nc2ncnc3nc[nH]c23)O[C@H]1CO. The molecule has 2 aromatic heterocycles. The zero-order valence-electron chi connectivity index (χ0n) is 17.0. The molecular formula is C20H25N7O5. The number of fused-ring (bicyclic) bond motifs is 1. The summed E-state index contributed by atoms with van der Waals surface area (Å²) in [6.07, 6.45) is -1.98. The van der Waals surface area contributed by atoms with Gasteiger partial charge in [0.2, 0.25) is 5.91 Å². The van der Waals surface area contributed by atoms with Crippen LogP contribution >= 0.6 is 0 Å². The minimum Gasteiger partial charge on any atom is -0.394 e. The van der Waals surface area contributed by atoms with Gasteiger partial charge in [0.1, 0.15) is 30.2 Å². The Balaban J connectivity index is 1.43. The number of nitrogens with two attached hydrogens (primary N) is 1. The van der Waals surface area contributed by atoms with Crippen molar-refractivity contribution in [2.75, 3.05) is 11.9 Å². The van der Waals surface area contributed by atoms with Crippen LogP contribution in [-0.2, 0) is 16.0 Å². The number of carbonyl (C=O) groups excluding carboxylic acids is 1. The molecule has 1 aliphatic heterocycles. The van der Waals surface area contributed by atoms with E-state index >= 15 is 0 Å². The second-order valence-corrected chi connectivity index (χ2v) is 7.56. The zero-order valence-corrected chi connectivity index (χ0v) is 17.0. The lowest BCUT2D eigenvalue weighted by Gasteiger charge is -2.43. The maximum absolute atomic E-state index is 12.6. The molecule has 1 aromatic carbocycles. The van der Waals surface area contributed by atoms with Crippen LogP contribution in [0.5, 0.6) is 0 Å². The van der Waals surface area contributed by atoms with E-state index in [0.29, 0.717) is 23.4 Å². The average Bonchev–Trinajstić information content (AvgIpc) is 3.29. The molecule has 1 aliphatic rings. The molecule has 4 rings (SSSR count). The van der Waals surface area contributed by atoms with Crippen molar-refractivity contribution in [1.82, 2.24) is 25.3 Å². The highest BCUT2D eigenvalue weighted by atomic mass is 16.5. The molecule has 0 bridgehead atoms. The fraction of sp³-hybridized carbons (Fsp3) is 0.400. The quantitative estimate of drug-likeness (QED) is 0.220. The third-order valence-electron chi connectivity index (χ3n) is 5.38. The van der Waals surface area contributed by atoms with E-state index in [1.165, 1.54) is 12.7 Å². The van der Waals surface area contributed by atoms with Gasteiger partial charge in [-0.1, -0.05) is 30.3 Å². The van der Waals surface area contributed by atoms with E-state index in [1.807, 2.05) is 30.3 Å². The molecule has 3 heterocycles. The van der Waals surface area contributed by atoms with Crippen LogP contribution in [0.2, 0.25) is 0 Å². The molecule has 12 heteroatoms. The van der Waals surface area contributed by atoms with Gasteiger partial charge in [0, 0.05) is 0 Å². The maximum Gasteiger partial charge on any atom is 0.237 e. The van der Waals surface area contributed by atoms with Gasteiger partial charge < -0.3 is 41.4 Å². The first-order valence-electron chi connectivity index (χ1n) is 10.1. The molecule has 12 nitrogen and oxygen atoms in total. The number of aliphatic hydroxyl groups is 3. The summed E-state index contributed by atoms with van der Waals surface area (Å²) in [7, 11) is 0. The van der Waals surface area contributed by atoms with E-state index in [1.54, 1.807) is 0 Å². The van der Waals surface area contributed by atoms with Gasteiger partial charge in [0.25, 0.3) is 0 Å². The number of H-pyrrole nitrogens is 1. The summed E-state index contributed by atoms with van der Waals surface area (Å²) in [5, 5.41) is 36.6. The van der Waals surface area contributed by atoms with Crippen molar-refractivity contribution >= 4 is 22.9 Å². The number of anilines is 1. The van der Waals surface area contributed by atoms with E-state index < -0.39 is 49.1 Å². The number of nitrogens with one attached hydrogen (secondary N) is 3. The number of aromatic amines is 1. The Morgan fingerprint density at radius 2 is 1.97 bits per heavy atom. The molecular weight excluding hydrogens is 418 g/mol. The number of carbonyl (C=O) groups is 1. The molecule has 6 atom stereocenters. The molecule has 3 aromatic rings. The van der Waals surface area contributed by atoms with Crippen LogP contribution in [0.25, 0.3) is 11.2 Å². The standard InChI is InChI=1S/C20H25N7O5/c21-11(6-10-4-2-1-3-5-10)19(31)26-13-12(7-28)32-20(16(30)15(13)29)27-18-14-17(23-8-22-14)24-9-25-18/h1-5,8-9,11-13,15-16,20,28-30H,6-7,21H2,(H,26,31)(H2,22,23,24,25,27)/t11-,12-,13-,15+,16-,20-/m0/s1. The van der Waals surface area contributed by atoms with Crippen LogP contribution in [0.4, 0.5) is 5.82 Å². The van der Waals surface area contributed by atoms with Gasteiger partial charge in [-0.15, -0.1) is 0 Å². The maximum atomic E-state index is 12.6. The van der Waals surface area contributed by atoms with Crippen LogP contribution in [0.3, 0.4) is 0 Å². The summed E-state index contributed by atoms with van der Waals surface area (Å²) in [4.78, 5) is 27.6. The second-order valence-electron chi connectivity index (χ2n) is 7.56. The third-order valence-corrected chi connectivity index (χ3v) is 5.38. The first-order valence-corrected chi connectivity index (χ1v) is 10.1. The fourth-order valence-corrected chi connectivity index (χ4v) is 3.66. The molecule has 1 fully saturated rings. The monoisotopic (exact) mass is 443 g/mol. The largest absolute Gasteiger partial charge is 0.394 e. The average molecular weight is 443 g/mol. The first kappa shape index (κ1) is 22.0. The Morgan fingerprint density at radius 1 is 1.19 bits per heavy atom. The van der Waals surface area contributed by atoms with Crippen LogP contribution in [0.15, 0.2) is 43.0 Å². The van der Waals surface area contributed by atoms with E-state index in [2.05, 4.69) is 30.6 Å². The minimum atomic E-state index is -1.44. The molecule has 32 heavy (non-hydrogen) atoms. The molecule has 0 saturated carbocycles. The molecule has 0 radical (unpaired) electrons. The number of imidazole rings is 1. The van der Waals surface area contributed by atoms with E-state index in [-0.39, 0.29) is 0 Å². The van der Waals surface area contributed by atoms with Crippen molar-refractivity contribution in [3.8, 4) is 0 Å². The van der Waals surface area contributed by atoms with Crippen LogP contribution in [-0.4, -0.2) is 84.4 Å². The summed E-state index contributed by atoms with van der Waals surface area (Å²) in [5.74, 6) is -0.235. The number of benzene rings is 1. The van der Waals surface area contributed by atoms with Gasteiger partial charge >= 0.3 is 0 Å². The van der Waals surface area contributed by atoms with Gasteiger partial charge in [-0.3, -0.25) is 4.79 Å². The number of aliphatic hydroxyl groups excluding tert-OH is 3. The molecule has 0 aliphatic carbocycles. The number of hydrogen-bond acceptors (Lipinski definition) is 10. The summed E-state index contributed by atoms with van der Waals surface area (Å²) >= 11 is 0. The molecule has 0 spiro atoms. The first-order chi connectivity index (χ1) is 15.5. The molecule has 8 N–H and O–H groups in total. The zero-order chi connectivity index (χ0) is 22.7. The van der Waals surface area contributed by atoms with Crippen LogP contribution < -0.4 is 16.4 Å². The number of amides is 1. The van der Waals surface area contributed by atoms with Gasteiger partial charge in [0.15, 0.2) is 17.7 Å². The number of ether oxygens (including phenoxy) is 1. The Labute approximate surface area is 182 Å². The van der Waals surface area contributed by atoms with Gasteiger partial charge in [-0.2, -0.15) is 0 Å². The third kappa shape index (κ3) is 4.54. The smallest absolute Gasteiger partial charge is 0.237 e. The van der Waals surface area contributed by atoms with Crippen LogP contribution in [0, 0.1) is 0 Å². The number of hydrogen-bond donors (Lipinski definition) is 7. The van der Waals surface area contributed by atoms with E-state index in [0.717, 1.165) is 5.56 Å². The fourth-order valence-electron chi connectivity index (χ4n) is 3.66. The summed E-state index contributed by atoms with van der Waals surface area (Å²) in [6, 6.07) is 7.31. The lowest BCUT2D eigenvalue weighted by molar-refractivity contribution is -0.185. The van der Waals surface area contributed by atoms with Gasteiger partial charge in [-0.05, 0) is 12.0 Å². The van der Waals surface area contributed by atoms with Crippen molar-refractivity contribution in [1.29, 1.82) is 0 Å². The number of rotatable bonds is 7. The lowest BCUT2D eigenvalue weighted by Crippen LogP contribution is -2.67.